The Labute approximate surface area is 186 Å². The van der Waals surface area contributed by atoms with Crippen molar-refractivity contribution in [3.8, 4) is 11.5 Å². The van der Waals surface area contributed by atoms with Crippen molar-refractivity contribution in [1.82, 2.24) is 0 Å². The van der Waals surface area contributed by atoms with Crippen LogP contribution in [0.4, 0.5) is 5.69 Å². The normalized spacial score (nSPS) is 20.0. The summed E-state index contributed by atoms with van der Waals surface area (Å²) < 4.78 is 12.0. The molecular formula is C28H21NO3. The summed E-state index contributed by atoms with van der Waals surface area (Å²) >= 11 is 0. The number of benzene rings is 4. The van der Waals surface area contributed by atoms with E-state index in [1.54, 1.807) is 12.0 Å². The van der Waals surface area contributed by atoms with Gasteiger partial charge in [-0.3, -0.25) is 4.79 Å². The quantitative estimate of drug-likeness (QED) is 0.428. The van der Waals surface area contributed by atoms with Gasteiger partial charge in [-0.05, 0) is 46.7 Å². The molecule has 4 aromatic rings. The molecule has 0 fully saturated rings. The van der Waals surface area contributed by atoms with E-state index in [1.807, 2.05) is 85.9 Å². The zero-order chi connectivity index (χ0) is 21.9. The summed E-state index contributed by atoms with van der Waals surface area (Å²) in [5.41, 5.74) is 2.53. The summed E-state index contributed by atoms with van der Waals surface area (Å²) in [4.78, 5) is 15.9. The second-order valence-electron chi connectivity index (χ2n) is 8.18. The van der Waals surface area contributed by atoms with Crippen molar-refractivity contribution < 1.29 is 14.3 Å². The molecule has 4 aromatic carbocycles. The molecule has 0 aromatic heterocycles. The van der Waals surface area contributed by atoms with Crippen molar-refractivity contribution in [3.63, 3.8) is 0 Å². The monoisotopic (exact) mass is 419 g/mol. The Balaban J connectivity index is 1.75. The summed E-state index contributed by atoms with van der Waals surface area (Å²) in [5.74, 6) is 2.00. The minimum absolute atomic E-state index is 0.0296. The first-order valence-electron chi connectivity index (χ1n) is 10.6. The molecule has 2 heterocycles. The van der Waals surface area contributed by atoms with Crippen LogP contribution in [0.1, 0.15) is 16.7 Å². The number of fused-ring (bicyclic) bond motifs is 6. The van der Waals surface area contributed by atoms with Gasteiger partial charge in [0.15, 0.2) is 5.41 Å². The van der Waals surface area contributed by atoms with Gasteiger partial charge in [-0.2, -0.15) is 0 Å². The van der Waals surface area contributed by atoms with Crippen LogP contribution >= 0.6 is 0 Å². The lowest BCUT2D eigenvalue weighted by molar-refractivity contribution is -0.120. The summed E-state index contributed by atoms with van der Waals surface area (Å²) in [6.07, 6.45) is 1.98. The van der Waals surface area contributed by atoms with Crippen molar-refractivity contribution in [1.29, 1.82) is 0 Å². The van der Waals surface area contributed by atoms with Crippen LogP contribution in [0.5, 0.6) is 11.5 Å². The molecule has 4 nitrogen and oxygen atoms in total. The van der Waals surface area contributed by atoms with Crippen LogP contribution in [0.25, 0.3) is 16.8 Å². The zero-order valence-corrected chi connectivity index (χ0v) is 17.8. The lowest BCUT2D eigenvalue weighted by atomic mass is 9.72. The third-order valence-electron chi connectivity index (χ3n) is 6.55. The van der Waals surface area contributed by atoms with Crippen LogP contribution in [0.3, 0.4) is 0 Å². The Morgan fingerprint density at radius 3 is 2.53 bits per heavy atom. The van der Waals surface area contributed by atoms with Gasteiger partial charge >= 0.3 is 0 Å². The van der Waals surface area contributed by atoms with Crippen LogP contribution in [0, 0.1) is 0 Å². The van der Waals surface area contributed by atoms with Crippen LogP contribution < -0.4 is 14.4 Å². The first kappa shape index (κ1) is 18.7. The molecule has 0 aliphatic carbocycles. The summed E-state index contributed by atoms with van der Waals surface area (Å²) in [6, 6.07) is 27.9. The van der Waals surface area contributed by atoms with Gasteiger partial charge in [0.25, 0.3) is 0 Å². The van der Waals surface area contributed by atoms with Gasteiger partial charge in [0.2, 0.25) is 5.91 Å². The van der Waals surface area contributed by atoms with Crippen LogP contribution in [-0.2, 0) is 10.2 Å². The molecule has 6 rings (SSSR count). The Bertz CT molecular complexity index is 1420. The smallest absolute Gasteiger partial charge is 0.249 e. The molecule has 0 radical (unpaired) electrons. The summed E-state index contributed by atoms with van der Waals surface area (Å²) in [5, 5.41) is 2.08. The maximum Gasteiger partial charge on any atom is 0.249 e. The second kappa shape index (κ2) is 6.72. The van der Waals surface area contributed by atoms with Gasteiger partial charge in [0.1, 0.15) is 17.3 Å². The van der Waals surface area contributed by atoms with Gasteiger partial charge < -0.3 is 14.4 Å². The third kappa shape index (κ3) is 2.35. The van der Waals surface area contributed by atoms with Gasteiger partial charge in [-0.1, -0.05) is 60.7 Å². The van der Waals surface area contributed by atoms with Crippen molar-refractivity contribution in [2.24, 2.45) is 0 Å². The van der Waals surface area contributed by atoms with E-state index in [9.17, 15) is 4.79 Å². The minimum atomic E-state index is -1.08. The molecule has 0 bridgehead atoms. The number of amides is 1. The van der Waals surface area contributed by atoms with E-state index in [2.05, 4.69) is 12.1 Å². The maximum atomic E-state index is 14.2. The number of carbonyl (C=O) groups is 1. The molecule has 156 valence electrons. The molecule has 4 heteroatoms. The third-order valence-corrected chi connectivity index (χ3v) is 6.55. The predicted octanol–water partition coefficient (Wildman–Crippen LogP) is 5.54. The highest BCUT2D eigenvalue weighted by Gasteiger charge is 2.60. The van der Waals surface area contributed by atoms with E-state index in [-0.39, 0.29) is 5.91 Å². The number of hydrogen-bond acceptors (Lipinski definition) is 3. The fraction of sp³-hybridized carbons (Fsp3) is 0.107. The molecule has 1 atom stereocenters. The summed E-state index contributed by atoms with van der Waals surface area (Å²) in [6.45, 7) is 0. The average molecular weight is 419 g/mol. The molecule has 2 aliphatic rings. The van der Waals surface area contributed by atoms with Crippen LogP contribution in [0.15, 0.2) is 90.7 Å². The van der Waals surface area contributed by atoms with Gasteiger partial charge in [0.05, 0.1) is 7.11 Å². The Hall–Kier alpha value is -4.05. The maximum absolute atomic E-state index is 14.2. The lowest BCUT2D eigenvalue weighted by Gasteiger charge is -2.25. The molecule has 0 saturated carbocycles. The molecule has 1 amide bonds. The minimum Gasteiger partial charge on any atom is -0.497 e. The number of anilines is 1. The molecular weight excluding hydrogens is 398 g/mol. The Morgan fingerprint density at radius 2 is 1.72 bits per heavy atom. The van der Waals surface area contributed by atoms with E-state index in [4.69, 9.17) is 9.47 Å². The number of ether oxygens (including phenoxy) is 2. The molecule has 32 heavy (non-hydrogen) atoms. The van der Waals surface area contributed by atoms with Crippen LogP contribution in [0.2, 0.25) is 0 Å². The van der Waals surface area contributed by atoms with E-state index in [0.717, 1.165) is 33.2 Å². The van der Waals surface area contributed by atoms with Crippen molar-refractivity contribution in [3.05, 3.63) is 107 Å². The molecule has 1 unspecified atom stereocenters. The lowest BCUT2D eigenvalue weighted by Crippen LogP contribution is -2.39. The Kier molecular flexibility index (Phi) is 3.93. The number of rotatable bonds is 2. The average Bonchev–Trinajstić information content (AvgIpc) is 3.28. The van der Waals surface area contributed by atoms with Gasteiger partial charge in [0, 0.05) is 23.9 Å². The first-order chi connectivity index (χ1) is 15.6. The van der Waals surface area contributed by atoms with E-state index in [0.29, 0.717) is 17.3 Å². The molecule has 0 N–H and O–H groups in total. The number of hydrogen-bond donors (Lipinski definition) is 0. The number of carbonyl (C=O) groups excluding carboxylic acids is 1. The van der Waals surface area contributed by atoms with Crippen molar-refractivity contribution in [2.45, 2.75) is 5.41 Å². The van der Waals surface area contributed by atoms with E-state index < -0.39 is 5.41 Å². The highest BCUT2D eigenvalue weighted by Crippen LogP contribution is 2.59. The molecule has 0 saturated heterocycles. The number of methoxy groups -OCH3 is 1. The fourth-order valence-electron chi connectivity index (χ4n) is 5.07. The topological polar surface area (TPSA) is 38.8 Å². The van der Waals surface area contributed by atoms with Crippen molar-refractivity contribution >= 4 is 28.4 Å². The predicted molar refractivity (Wildman–Crippen MR) is 126 cm³/mol. The zero-order valence-electron chi connectivity index (χ0n) is 17.8. The van der Waals surface area contributed by atoms with E-state index >= 15 is 0 Å². The fourth-order valence-corrected chi connectivity index (χ4v) is 5.07. The Morgan fingerprint density at radius 1 is 0.938 bits per heavy atom. The molecule has 2 aliphatic heterocycles. The summed E-state index contributed by atoms with van der Waals surface area (Å²) in [7, 11) is 3.47. The molecule has 1 spiro atoms. The SMILES string of the molecule is COc1ccc2c(c1)C1(C(=O)N2C)/C(=C/c2ccccc2)Oc2ccc3ccccc3c21. The second-order valence-corrected chi connectivity index (χ2v) is 8.18. The standard InChI is InChI=1S/C28H21NO3/c1-29-23-14-13-20(31-2)17-22(23)28(27(29)30)25(16-18-8-4-3-5-9-18)32-24-15-12-19-10-6-7-11-21(19)26(24)28/h3-17H,1-2H3/b25-16-. The highest BCUT2D eigenvalue weighted by molar-refractivity contribution is 6.16. The largest absolute Gasteiger partial charge is 0.497 e. The number of likely N-dealkylation sites (N-methyl/N-ethyl adjacent to an activating group) is 1. The van der Waals surface area contributed by atoms with Crippen molar-refractivity contribution in [2.75, 3.05) is 19.1 Å². The first-order valence-corrected chi connectivity index (χ1v) is 10.6. The van der Waals surface area contributed by atoms with Gasteiger partial charge in [-0.15, -0.1) is 0 Å². The van der Waals surface area contributed by atoms with E-state index in [1.165, 1.54) is 0 Å². The highest BCUT2D eigenvalue weighted by atomic mass is 16.5. The van der Waals surface area contributed by atoms with Crippen LogP contribution in [-0.4, -0.2) is 20.1 Å². The number of nitrogens with zero attached hydrogens (tertiary/aromatic N) is 1. The van der Waals surface area contributed by atoms with Gasteiger partial charge in [-0.25, -0.2) is 0 Å².